The number of allylic oxidation sites excluding steroid dienone is 1. The van der Waals surface area contributed by atoms with Gasteiger partial charge >= 0.3 is 0 Å². The molecule has 1 radical (unpaired) electrons. The van der Waals surface area contributed by atoms with Crippen molar-refractivity contribution in [1.82, 2.24) is 9.66 Å². The second kappa shape index (κ2) is 4.60. The molecule has 1 aromatic rings. The normalized spacial score (nSPS) is 10.0. The van der Waals surface area contributed by atoms with Gasteiger partial charge in [0, 0.05) is 23.4 Å². The van der Waals surface area contributed by atoms with Crippen LogP contribution in [0.1, 0.15) is 32.3 Å². The molecule has 0 saturated heterocycles. The number of hydrogen-bond donors (Lipinski definition) is 0. The van der Waals surface area contributed by atoms with Gasteiger partial charge in [0.15, 0.2) is 0 Å². The summed E-state index contributed by atoms with van der Waals surface area (Å²) >= 11 is 0. The van der Waals surface area contributed by atoms with Crippen molar-refractivity contribution < 1.29 is 0 Å². The maximum Gasteiger partial charge on any atom is 0.0346 e. The molecule has 0 aromatic carbocycles. The van der Waals surface area contributed by atoms with Crippen molar-refractivity contribution in [3.8, 4) is 0 Å². The quantitative estimate of drug-likeness (QED) is 0.515. The Bertz CT molecular complexity index is 346. The maximum atomic E-state index is 4.30. The van der Waals surface area contributed by atoms with E-state index >= 15 is 0 Å². The summed E-state index contributed by atoms with van der Waals surface area (Å²) in [7, 11) is 0. The fraction of sp³-hybridized carbons (Fsp3) is 0.400. The van der Waals surface area contributed by atoms with Crippen LogP contribution in [0.15, 0.2) is 11.3 Å². The van der Waals surface area contributed by atoms with E-state index in [1.807, 2.05) is 40.0 Å². The molecule has 0 spiro atoms. The van der Waals surface area contributed by atoms with Gasteiger partial charge in [-0.1, -0.05) is 0 Å². The predicted octanol–water partition coefficient (Wildman–Crippen LogP) is 2.27. The van der Waals surface area contributed by atoms with E-state index in [4.69, 9.17) is 0 Å². The molecule has 0 aliphatic heterocycles. The van der Waals surface area contributed by atoms with E-state index in [0.29, 0.717) is 0 Å². The zero-order chi connectivity index (χ0) is 9.84. The third kappa shape index (κ3) is 2.59. The first-order chi connectivity index (χ1) is 6.13. The van der Waals surface area contributed by atoms with Crippen LogP contribution in [0.3, 0.4) is 0 Å². The van der Waals surface area contributed by atoms with Gasteiger partial charge in [-0.05, 0) is 20.8 Å². The molecule has 0 fully saturated rings. The van der Waals surface area contributed by atoms with Gasteiger partial charge in [-0.2, -0.15) is 11.2 Å². The van der Waals surface area contributed by atoms with Crippen LogP contribution in [0.4, 0.5) is 0 Å². The molecule has 0 aliphatic carbocycles. The number of nitrogens with zero attached hydrogens (tertiary/aromatic N) is 3. The van der Waals surface area contributed by atoms with Crippen molar-refractivity contribution in [1.29, 1.82) is 0 Å². The van der Waals surface area contributed by atoms with Crippen LogP contribution >= 0.6 is 0 Å². The van der Waals surface area contributed by atoms with E-state index in [1.165, 1.54) is 0 Å². The van der Waals surface area contributed by atoms with Crippen molar-refractivity contribution in [3.05, 3.63) is 23.8 Å². The zero-order valence-corrected chi connectivity index (χ0v) is 10.9. The van der Waals surface area contributed by atoms with Gasteiger partial charge in [-0.15, -0.1) is 6.92 Å². The molecule has 85 valence electrons. The predicted molar refractivity (Wildman–Crippen MR) is 54.5 cm³/mol. The van der Waals surface area contributed by atoms with Crippen molar-refractivity contribution in [3.63, 3.8) is 0 Å². The van der Waals surface area contributed by atoms with Crippen LogP contribution < -0.4 is 0 Å². The Labute approximate surface area is 78.8 Å². The summed E-state index contributed by atoms with van der Waals surface area (Å²) in [5.74, 6) is 0.821. The van der Waals surface area contributed by atoms with Crippen molar-refractivity contribution in [2.45, 2.75) is 27.7 Å². The number of aryl methyl sites for hydroxylation is 1. The molecule has 4 heteroatoms. The molecule has 0 atom stereocenters. The average Bonchev–Trinajstić information content (AvgIpc) is 2.31. The van der Waals surface area contributed by atoms with Gasteiger partial charge < -0.3 is 9.66 Å². The summed E-state index contributed by atoms with van der Waals surface area (Å²) in [6.45, 7) is 7.71. The minimum atomic E-state index is 0. The SMILES string of the molecule is C[C-]=Cc1nc(C)cn1N=C(C)C.[Lr]. The molecular weight excluding hydrogens is 424 g/mol. The monoisotopic (exact) mass is 438 g/mol. The third-order valence-corrected chi connectivity index (χ3v) is 1.42. The minimum Gasteiger partial charge on any atom is -0.328 e. The summed E-state index contributed by atoms with van der Waals surface area (Å²) in [5, 5.41) is 4.30. The third-order valence-electron chi connectivity index (χ3n) is 1.42. The van der Waals surface area contributed by atoms with Crippen LogP contribution in [-0.2, 0) is 0 Å². The first-order valence-corrected chi connectivity index (χ1v) is 4.22. The summed E-state index contributed by atoms with van der Waals surface area (Å²) in [5.41, 5.74) is 1.97. The summed E-state index contributed by atoms with van der Waals surface area (Å²) in [6.07, 6.45) is 6.65. The number of imidazole rings is 1. The van der Waals surface area contributed by atoms with Gasteiger partial charge in [0.2, 0.25) is 0 Å². The van der Waals surface area contributed by atoms with Gasteiger partial charge in [0.25, 0.3) is 0 Å². The molecular formula is C10H14LrN3-. The van der Waals surface area contributed by atoms with Crippen LogP contribution in [0.5, 0.6) is 0 Å². The maximum absolute atomic E-state index is 4.30. The summed E-state index contributed by atoms with van der Waals surface area (Å²) in [4.78, 5) is 4.29. The minimum absolute atomic E-state index is 0. The van der Waals surface area contributed by atoms with Crippen molar-refractivity contribution >= 4 is 11.8 Å². The molecule has 1 heterocycles. The Kier molecular flexibility index (Phi) is 3.82. The van der Waals surface area contributed by atoms with Gasteiger partial charge in [0.1, 0.15) is 0 Å². The Hall–Kier alpha value is -2.38. The second-order valence-corrected chi connectivity index (χ2v) is 3.07. The standard InChI is InChI=1S/C10H14N3.Lr/c1-5-6-10-11-9(4)7-13(10)12-8(2)3;/h6-7H,1-4H3;/q-1;. The Morgan fingerprint density at radius 3 is 2.71 bits per heavy atom. The zero-order valence-electron chi connectivity index (χ0n) is 8.75. The molecule has 0 aliphatic rings. The molecule has 0 amide bonds. The Morgan fingerprint density at radius 1 is 1.57 bits per heavy atom. The van der Waals surface area contributed by atoms with E-state index in [0.717, 1.165) is 17.2 Å². The molecule has 3 nitrogen and oxygen atoms in total. The van der Waals surface area contributed by atoms with Gasteiger partial charge in [0.05, 0.1) is 0 Å². The molecule has 1 aromatic heterocycles. The summed E-state index contributed by atoms with van der Waals surface area (Å²) in [6, 6.07) is 0. The van der Waals surface area contributed by atoms with Crippen LogP contribution in [-0.4, -0.2) is 15.4 Å². The van der Waals surface area contributed by atoms with E-state index in [1.54, 1.807) is 4.68 Å². The number of aromatic nitrogens is 2. The van der Waals surface area contributed by atoms with E-state index < -0.39 is 0 Å². The molecule has 1 rings (SSSR count). The first-order valence-electron chi connectivity index (χ1n) is 4.22. The first kappa shape index (κ1) is 11.6. The molecule has 0 saturated carbocycles. The molecule has 0 unspecified atom stereocenters. The Morgan fingerprint density at radius 2 is 2.21 bits per heavy atom. The van der Waals surface area contributed by atoms with E-state index in [2.05, 4.69) is 16.2 Å². The van der Waals surface area contributed by atoms with E-state index in [9.17, 15) is 0 Å². The molecule has 0 N–H and O–H groups in total. The van der Waals surface area contributed by atoms with Crippen molar-refractivity contribution in [2.75, 3.05) is 0 Å². The van der Waals surface area contributed by atoms with Gasteiger partial charge in [-0.25, -0.2) is 0 Å². The molecule has 0 bridgehead atoms. The van der Waals surface area contributed by atoms with Crippen molar-refractivity contribution in [2.24, 2.45) is 5.10 Å². The molecule has 14 heavy (non-hydrogen) atoms. The average molecular weight is 438 g/mol. The van der Waals surface area contributed by atoms with Crippen LogP contribution in [0, 0.1) is 13.0 Å². The van der Waals surface area contributed by atoms with Gasteiger partial charge in [-0.3, -0.25) is 6.08 Å². The fourth-order valence-electron chi connectivity index (χ4n) is 1.03. The largest absolute Gasteiger partial charge is 0.328 e. The summed E-state index contributed by atoms with van der Waals surface area (Å²) < 4.78 is 1.77. The fourth-order valence-corrected chi connectivity index (χ4v) is 1.03. The van der Waals surface area contributed by atoms with E-state index in [-0.39, 0.29) is 0 Å². The van der Waals surface area contributed by atoms with Crippen LogP contribution in [0.25, 0.3) is 6.08 Å². The van der Waals surface area contributed by atoms with Crippen LogP contribution in [0.2, 0.25) is 0 Å². The topological polar surface area (TPSA) is 30.2 Å². The number of rotatable bonds is 2. The number of hydrogen-bond acceptors (Lipinski definition) is 2. The second-order valence-electron chi connectivity index (χ2n) is 3.07. The smallest absolute Gasteiger partial charge is 0.0346 e. The Balaban J connectivity index is 0.00000169.